The van der Waals surface area contributed by atoms with E-state index in [2.05, 4.69) is 31.3 Å². The van der Waals surface area contributed by atoms with Crippen LogP contribution < -0.4 is 5.32 Å². The van der Waals surface area contributed by atoms with E-state index in [1.165, 1.54) is 193 Å². The molecule has 0 saturated carbocycles. The van der Waals surface area contributed by atoms with E-state index in [-0.39, 0.29) is 18.5 Å². The lowest BCUT2D eigenvalue weighted by atomic mass is 10.0. The Hall–Kier alpha value is -1.66. The van der Waals surface area contributed by atoms with Gasteiger partial charge in [-0.25, -0.2) is 0 Å². The Balaban J connectivity index is 3.53. The van der Waals surface area contributed by atoms with Crippen LogP contribution in [0.15, 0.2) is 24.3 Å². The lowest BCUT2D eigenvalue weighted by molar-refractivity contribution is -0.143. The maximum atomic E-state index is 12.5. The summed E-state index contributed by atoms with van der Waals surface area (Å²) in [6.07, 6.45) is 63.4. The van der Waals surface area contributed by atoms with Crippen molar-refractivity contribution in [2.75, 3.05) is 13.2 Å². The molecule has 2 unspecified atom stereocenters. The van der Waals surface area contributed by atoms with Crippen molar-refractivity contribution in [2.45, 2.75) is 315 Å². The Bertz CT molecular complexity index is 982. The molecule has 372 valence electrons. The third kappa shape index (κ3) is 49.6. The highest BCUT2D eigenvalue weighted by Gasteiger charge is 2.18. The molecule has 1 amide bonds. The van der Waals surface area contributed by atoms with Gasteiger partial charge in [-0.05, 0) is 57.8 Å². The zero-order chi connectivity index (χ0) is 45.8. The summed E-state index contributed by atoms with van der Waals surface area (Å²) in [6, 6.07) is -0.649. The van der Waals surface area contributed by atoms with Crippen LogP contribution in [0.5, 0.6) is 0 Å². The summed E-state index contributed by atoms with van der Waals surface area (Å²) in [4.78, 5) is 24.5. The summed E-state index contributed by atoms with van der Waals surface area (Å²) in [7, 11) is 0. The Morgan fingerprint density at radius 1 is 0.429 bits per heavy atom. The molecule has 0 aromatic rings. The van der Waals surface area contributed by atoms with Crippen molar-refractivity contribution in [2.24, 2.45) is 0 Å². The molecule has 0 rings (SSSR count). The fraction of sp³-hybridized carbons (Fsp3) is 0.895. The van der Waals surface area contributed by atoms with E-state index in [0.717, 1.165) is 83.5 Å². The predicted octanol–water partition coefficient (Wildman–Crippen LogP) is 17.1. The van der Waals surface area contributed by atoms with E-state index >= 15 is 0 Å². The molecule has 0 radical (unpaired) electrons. The van der Waals surface area contributed by atoms with Crippen molar-refractivity contribution in [3.63, 3.8) is 0 Å². The number of esters is 1. The molecule has 0 aromatic heterocycles. The molecule has 0 aliphatic heterocycles. The second-order valence-corrected chi connectivity index (χ2v) is 19.3. The molecule has 0 saturated heterocycles. The molecule has 6 heteroatoms. The molecule has 3 N–H and O–H groups in total. The first kappa shape index (κ1) is 61.3. The van der Waals surface area contributed by atoms with Gasteiger partial charge < -0.3 is 20.3 Å². The Morgan fingerprint density at radius 3 is 1.13 bits per heavy atom. The number of nitrogens with one attached hydrogen (secondary N) is 1. The van der Waals surface area contributed by atoms with E-state index in [1.807, 2.05) is 6.08 Å². The van der Waals surface area contributed by atoms with Crippen molar-refractivity contribution < 1.29 is 24.5 Å². The normalized spacial score (nSPS) is 12.8. The molecule has 0 heterocycles. The number of amides is 1. The van der Waals surface area contributed by atoms with Gasteiger partial charge in [-0.1, -0.05) is 256 Å². The number of ether oxygens (including phenoxy) is 1. The number of carbonyl (C=O) groups is 2. The maximum absolute atomic E-state index is 12.5. The van der Waals surface area contributed by atoms with Crippen molar-refractivity contribution in [1.82, 2.24) is 5.32 Å². The standard InChI is InChI=1S/C57H109NO5/c1-3-5-7-9-11-13-15-17-19-20-21-22-23-25-26-29-33-37-41-45-49-55(60)54(53-59)58-56(61)50-46-42-38-34-30-28-32-36-40-44-48-52-63-57(62)51-47-43-39-35-31-27-24-18-16-14-12-10-8-6-4-2/h32,36,45,49,54-55,59-60H,3-31,33-35,37-44,46-48,50-53H2,1-2H3,(H,58,61)/b36-32-,49-45+. The highest BCUT2D eigenvalue weighted by molar-refractivity contribution is 5.76. The minimum Gasteiger partial charge on any atom is -0.466 e. The smallest absolute Gasteiger partial charge is 0.305 e. The van der Waals surface area contributed by atoms with E-state index in [1.54, 1.807) is 6.08 Å². The van der Waals surface area contributed by atoms with Crippen LogP contribution in [0.2, 0.25) is 0 Å². The summed E-state index contributed by atoms with van der Waals surface area (Å²) in [5, 5.41) is 23.1. The molecule has 63 heavy (non-hydrogen) atoms. The highest BCUT2D eigenvalue weighted by Crippen LogP contribution is 2.17. The van der Waals surface area contributed by atoms with Gasteiger partial charge in [-0.2, -0.15) is 0 Å². The molecule has 0 aliphatic carbocycles. The number of allylic oxidation sites excluding steroid dienone is 3. The fourth-order valence-electron chi connectivity index (χ4n) is 8.63. The summed E-state index contributed by atoms with van der Waals surface area (Å²) < 4.78 is 5.44. The van der Waals surface area contributed by atoms with Gasteiger partial charge in [0.2, 0.25) is 5.91 Å². The molecule has 0 bridgehead atoms. The first-order valence-corrected chi connectivity index (χ1v) is 28.1. The summed E-state index contributed by atoms with van der Waals surface area (Å²) in [6.45, 7) is 4.84. The van der Waals surface area contributed by atoms with Crippen molar-refractivity contribution in [3.8, 4) is 0 Å². The van der Waals surface area contributed by atoms with E-state index in [0.29, 0.717) is 19.4 Å². The van der Waals surface area contributed by atoms with Crippen molar-refractivity contribution >= 4 is 11.9 Å². The second-order valence-electron chi connectivity index (χ2n) is 19.3. The summed E-state index contributed by atoms with van der Waals surface area (Å²) in [5.74, 6) is -0.124. The SMILES string of the molecule is CCCCCCCCCCCCCCCCCCCC/C=C/C(O)C(CO)NC(=O)CCCCCCC/C=C\CCCCOC(=O)CCCCCCCCCCCCCCCCC. The number of unbranched alkanes of at least 4 members (excludes halogenated alkanes) is 39. The number of hydrogen-bond donors (Lipinski definition) is 3. The zero-order valence-corrected chi connectivity index (χ0v) is 42.3. The van der Waals surface area contributed by atoms with Crippen LogP contribution in [0.4, 0.5) is 0 Å². The summed E-state index contributed by atoms with van der Waals surface area (Å²) >= 11 is 0. The number of aliphatic hydroxyl groups is 2. The molecule has 0 fully saturated rings. The molecule has 6 nitrogen and oxygen atoms in total. The lowest BCUT2D eigenvalue weighted by Crippen LogP contribution is -2.45. The number of aliphatic hydroxyl groups excluding tert-OH is 2. The van der Waals surface area contributed by atoms with Gasteiger partial charge in [0.1, 0.15) is 0 Å². The van der Waals surface area contributed by atoms with E-state index in [4.69, 9.17) is 4.74 Å². The molecule has 0 aliphatic rings. The first-order chi connectivity index (χ1) is 31.0. The van der Waals surface area contributed by atoms with E-state index < -0.39 is 12.1 Å². The van der Waals surface area contributed by atoms with Gasteiger partial charge in [0.15, 0.2) is 0 Å². The zero-order valence-electron chi connectivity index (χ0n) is 42.3. The van der Waals surface area contributed by atoms with Gasteiger partial charge in [0, 0.05) is 12.8 Å². The maximum Gasteiger partial charge on any atom is 0.305 e. The Kier molecular flexibility index (Phi) is 51.6. The van der Waals surface area contributed by atoms with Crippen LogP contribution >= 0.6 is 0 Å². The number of carbonyl (C=O) groups excluding carboxylic acids is 2. The number of hydrogen-bond acceptors (Lipinski definition) is 5. The van der Waals surface area contributed by atoms with Crippen LogP contribution in [-0.4, -0.2) is 47.4 Å². The quantitative estimate of drug-likeness (QED) is 0.0321. The van der Waals surface area contributed by atoms with E-state index in [9.17, 15) is 19.8 Å². The largest absolute Gasteiger partial charge is 0.466 e. The first-order valence-electron chi connectivity index (χ1n) is 28.1. The third-order valence-corrected chi connectivity index (χ3v) is 13.0. The lowest BCUT2D eigenvalue weighted by Gasteiger charge is -2.20. The summed E-state index contributed by atoms with van der Waals surface area (Å²) in [5.41, 5.74) is 0. The minimum absolute atomic E-state index is 0.0297. The van der Waals surface area contributed by atoms with Gasteiger partial charge in [-0.15, -0.1) is 0 Å². The third-order valence-electron chi connectivity index (χ3n) is 13.0. The van der Waals surface area contributed by atoms with Crippen LogP contribution in [0.3, 0.4) is 0 Å². The topological polar surface area (TPSA) is 95.9 Å². The van der Waals surface area contributed by atoms with Gasteiger partial charge in [-0.3, -0.25) is 9.59 Å². The van der Waals surface area contributed by atoms with Gasteiger partial charge in [0.05, 0.1) is 25.4 Å². The number of rotatable bonds is 52. The highest BCUT2D eigenvalue weighted by atomic mass is 16.5. The van der Waals surface area contributed by atoms with Crippen LogP contribution in [0.25, 0.3) is 0 Å². The second kappa shape index (κ2) is 53.0. The Morgan fingerprint density at radius 2 is 0.746 bits per heavy atom. The molecule has 2 atom stereocenters. The van der Waals surface area contributed by atoms with Gasteiger partial charge in [0.25, 0.3) is 0 Å². The fourth-order valence-corrected chi connectivity index (χ4v) is 8.63. The molecular weight excluding hydrogens is 779 g/mol. The molecule has 0 spiro atoms. The molecule has 0 aromatic carbocycles. The Labute approximate surface area is 392 Å². The van der Waals surface area contributed by atoms with Crippen LogP contribution in [0, 0.1) is 0 Å². The average molecular weight is 889 g/mol. The van der Waals surface area contributed by atoms with Crippen LogP contribution in [-0.2, 0) is 14.3 Å². The van der Waals surface area contributed by atoms with Crippen molar-refractivity contribution in [1.29, 1.82) is 0 Å². The van der Waals surface area contributed by atoms with Crippen LogP contribution in [0.1, 0.15) is 303 Å². The molecular formula is C57H109NO5. The minimum atomic E-state index is -0.862. The van der Waals surface area contributed by atoms with Gasteiger partial charge >= 0.3 is 5.97 Å². The monoisotopic (exact) mass is 888 g/mol. The average Bonchev–Trinajstić information content (AvgIpc) is 3.28. The predicted molar refractivity (Wildman–Crippen MR) is 273 cm³/mol. The van der Waals surface area contributed by atoms with Crippen molar-refractivity contribution in [3.05, 3.63) is 24.3 Å².